The van der Waals surface area contributed by atoms with Crippen LogP contribution >= 0.6 is 0 Å². The fourth-order valence-electron chi connectivity index (χ4n) is 1.55. The van der Waals surface area contributed by atoms with Crippen LogP contribution in [0.15, 0.2) is 11.6 Å². The van der Waals surface area contributed by atoms with Crippen LogP contribution in [-0.4, -0.2) is 17.5 Å². The van der Waals surface area contributed by atoms with Gasteiger partial charge in [-0.2, -0.15) is 0 Å². The van der Waals surface area contributed by atoms with Crippen molar-refractivity contribution in [1.82, 2.24) is 0 Å². The number of allylic oxidation sites excluding steroid dienone is 1. The van der Waals surface area contributed by atoms with Crippen molar-refractivity contribution in [2.45, 2.75) is 52.1 Å². The fraction of sp³-hybridized carbons (Fsp3) is 0.727. The van der Waals surface area contributed by atoms with E-state index in [2.05, 4.69) is 0 Å². The average molecular weight is 200 g/mol. The summed E-state index contributed by atoms with van der Waals surface area (Å²) in [7, 11) is 0. The molecular formula is C11H20O3. The number of ether oxygens (including phenoxy) is 1. The molecule has 82 valence electrons. The first-order valence-electron chi connectivity index (χ1n) is 5.08. The highest BCUT2D eigenvalue weighted by Gasteiger charge is 2.17. The molecule has 1 fully saturated rings. The summed E-state index contributed by atoms with van der Waals surface area (Å²) < 4.78 is 5.34. The maximum Gasteiger partial charge on any atom is 0.333 e. The third-order valence-electron chi connectivity index (χ3n) is 2.58. The molecule has 0 atom stereocenters. The van der Waals surface area contributed by atoms with Crippen molar-refractivity contribution in [3.8, 4) is 0 Å². The first-order chi connectivity index (χ1) is 6.24. The Hall–Kier alpha value is -0.830. The quantitative estimate of drug-likeness (QED) is 0.505. The van der Waals surface area contributed by atoms with Gasteiger partial charge in [0.2, 0.25) is 0 Å². The second kappa shape index (κ2) is 6.60. The van der Waals surface area contributed by atoms with Crippen molar-refractivity contribution in [1.29, 1.82) is 0 Å². The van der Waals surface area contributed by atoms with Crippen LogP contribution in [0.2, 0.25) is 0 Å². The summed E-state index contributed by atoms with van der Waals surface area (Å²) in [4.78, 5) is 11.4. The monoisotopic (exact) mass is 200 g/mol. The molecule has 0 unspecified atom stereocenters. The molecule has 0 spiro atoms. The van der Waals surface area contributed by atoms with Gasteiger partial charge in [0, 0.05) is 5.57 Å². The number of hydrogen-bond donors (Lipinski definition) is 0. The smallest absolute Gasteiger partial charge is 0.333 e. The van der Waals surface area contributed by atoms with Crippen LogP contribution in [0.4, 0.5) is 0 Å². The highest BCUT2D eigenvalue weighted by atomic mass is 16.5. The summed E-state index contributed by atoms with van der Waals surface area (Å²) in [5.41, 5.74) is 0.713. The molecule has 0 amide bonds. The molecule has 3 nitrogen and oxygen atoms in total. The first-order valence-corrected chi connectivity index (χ1v) is 5.08. The SMILES string of the molecule is CC=C(C)C(=O)OC1CCCCC1.O. The Balaban J connectivity index is 0.00000169. The maximum atomic E-state index is 11.4. The second-order valence-corrected chi connectivity index (χ2v) is 3.64. The lowest BCUT2D eigenvalue weighted by atomic mass is 9.98. The number of esters is 1. The number of rotatable bonds is 2. The minimum atomic E-state index is -0.144. The normalized spacial score (nSPS) is 18.6. The molecule has 3 heteroatoms. The van der Waals surface area contributed by atoms with Gasteiger partial charge >= 0.3 is 5.97 Å². The maximum absolute atomic E-state index is 11.4. The molecule has 0 saturated heterocycles. The zero-order chi connectivity index (χ0) is 9.68. The summed E-state index contributed by atoms with van der Waals surface area (Å²) in [5.74, 6) is -0.144. The molecule has 0 aromatic heterocycles. The van der Waals surface area contributed by atoms with E-state index in [0.29, 0.717) is 5.57 Å². The minimum Gasteiger partial charge on any atom is -0.459 e. The fourth-order valence-corrected chi connectivity index (χ4v) is 1.55. The standard InChI is InChI=1S/C11H18O2.H2O/c1-3-9(2)11(12)13-10-7-5-4-6-8-10;/h3,10H,4-8H2,1-2H3;1H2. The highest BCUT2D eigenvalue weighted by molar-refractivity contribution is 5.87. The molecule has 14 heavy (non-hydrogen) atoms. The van der Waals surface area contributed by atoms with Crippen molar-refractivity contribution >= 4 is 5.97 Å². The molecule has 1 aliphatic rings. The van der Waals surface area contributed by atoms with Gasteiger partial charge in [0.05, 0.1) is 0 Å². The Morgan fingerprint density at radius 1 is 1.29 bits per heavy atom. The largest absolute Gasteiger partial charge is 0.459 e. The molecule has 0 aromatic carbocycles. The Kier molecular flexibility index (Phi) is 6.21. The summed E-state index contributed by atoms with van der Waals surface area (Å²) in [6.45, 7) is 3.66. The minimum absolute atomic E-state index is 0. The zero-order valence-electron chi connectivity index (χ0n) is 9.01. The van der Waals surface area contributed by atoms with E-state index in [0.717, 1.165) is 12.8 Å². The van der Waals surface area contributed by atoms with Crippen molar-refractivity contribution < 1.29 is 15.0 Å². The molecule has 1 saturated carbocycles. The van der Waals surface area contributed by atoms with Gasteiger partial charge in [0.1, 0.15) is 6.10 Å². The summed E-state index contributed by atoms with van der Waals surface area (Å²) >= 11 is 0. The van der Waals surface area contributed by atoms with Crippen LogP contribution in [-0.2, 0) is 9.53 Å². The summed E-state index contributed by atoms with van der Waals surface area (Å²) in [6.07, 6.45) is 7.75. The van der Waals surface area contributed by atoms with Gasteiger partial charge in [-0.1, -0.05) is 12.5 Å². The van der Waals surface area contributed by atoms with E-state index in [1.807, 2.05) is 6.92 Å². The van der Waals surface area contributed by atoms with E-state index in [1.54, 1.807) is 13.0 Å². The Bertz CT molecular complexity index is 203. The van der Waals surface area contributed by atoms with Crippen molar-refractivity contribution in [2.24, 2.45) is 0 Å². The van der Waals surface area contributed by atoms with Crippen LogP contribution in [0.1, 0.15) is 46.0 Å². The summed E-state index contributed by atoms with van der Waals surface area (Å²) in [6, 6.07) is 0. The number of hydrogen-bond acceptors (Lipinski definition) is 2. The highest BCUT2D eigenvalue weighted by Crippen LogP contribution is 2.21. The molecule has 2 N–H and O–H groups in total. The van der Waals surface area contributed by atoms with E-state index < -0.39 is 0 Å². The topological polar surface area (TPSA) is 57.8 Å². The van der Waals surface area contributed by atoms with Gasteiger partial charge in [0.25, 0.3) is 0 Å². The van der Waals surface area contributed by atoms with Gasteiger partial charge in [0.15, 0.2) is 0 Å². The molecule has 0 aromatic rings. The zero-order valence-corrected chi connectivity index (χ0v) is 9.01. The van der Waals surface area contributed by atoms with Gasteiger partial charge in [-0.15, -0.1) is 0 Å². The van der Waals surface area contributed by atoms with Crippen molar-refractivity contribution in [3.05, 3.63) is 11.6 Å². The lowest BCUT2D eigenvalue weighted by molar-refractivity contribution is -0.145. The van der Waals surface area contributed by atoms with Gasteiger partial charge in [-0.05, 0) is 39.5 Å². The molecule has 1 aliphatic carbocycles. The Morgan fingerprint density at radius 3 is 2.36 bits per heavy atom. The van der Waals surface area contributed by atoms with E-state index in [4.69, 9.17) is 4.74 Å². The van der Waals surface area contributed by atoms with E-state index in [-0.39, 0.29) is 17.5 Å². The van der Waals surface area contributed by atoms with Crippen LogP contribution in [0.3, 0.4) is 0 Å². The van der Waals surface area contributed by atoms with Gasteiger partial charge in [-0.3, -0.25) is 0 Å². The molecule has 1 rings (SSSR count). The van der Waals surface area contributed by atoms with Crippen LogP contribution in [0, 0.1) is 0 Å². The number of carbonyl (C=O) groups is 1. The van der Waals surface area contributed by atoms with E-state index in [1.165, 1.54) is 19.3 Å². The lowest BCUT2D eigenvalue weighted by Gasteiger charge is -2.21. The molecule has 0 bridgehead atoms. The average Bonchev–Trinajstić information content (AvgIpc) is 2.18. The van der Waals surface area contributed by atoms with Crippen LogP contribution in [0.5, 0.6) is 0 Å². The molecule has 0 radical (unpaired) electrons. The van der Waals surface area contributed by atoms with Crippen molar-refractivity contribution in [3.63, 3.8) is 0 Å². The van der Waals surface area contributed by atoms with E-state index >= 15 is 0 Å². The first kappa shape index (κ1) is 13.2. The van der Waals surface area contributed by atoms with Gasteiger partial charge in [-0.25, -0.2) is 4.79 Å². The second-order valence-electron chi connectivity index (χ2n) is 3.64. The summed E-state index contributed by atoms with van der Waals surface area (Å²) in [5, 5.41) is 0. The third kappa shape index (κ3) is 3.92. The third-order valence-corrected chi connectivity index (χ3v) is 2.58. The Labute approximate surface area is 85.4 Å². The van der Waals surface area contributed by atoms with Crippen LogP contribution < -0.4 is 0 Å². The van der Waals surface area contributed by atoms with Crippen LogP contribution in [0.25, 0.3) is 0 Å². The molecular weight excluding hydrogens is 180 g/mol. The predicted octanol–water partition coefficient (Wildman–Crippen LogP) is 2.00. The predicted molar refractivity (Wildman–Crippen MR) is 56.0 cm³/mol. The lowest BCUT2D eigenvalue weighted by Crippen LogP contribution is -2.21. The molecule has 0 aliphatic heterocycles. The number of carbonyl (C=O) groups excluding carboxylic acids is 1. The van der Waals surface area contributed by atoms with Gasteiger partial charge < -0.3 is 10.2 Å². The van der Waals surface area contributed by atoms with E-state index in [9.17, 15) is 4.79 Å². The molecule has 0 heterocycles. The van der Waals surface area contributed by atoms with Crippen molar-refractivity contribution in [2.75, 3.05) is 0 Å². The Morgan fingerprint density at radius 2 is 1.86 bits per heavy atom.